The van der Waals surface area contributed by atoms with Crippen molar-refractivity contribution in [3.63, 3.8) is 0 Å². The van der Waals surface area contributed by atoms with E-state index in [1.165, 1.54) is 0 Å². The van der Waals surface area contributed by atoms with Crippen LogP contribution >= 0.6 is 0 Å². The van der Waals surface area contributed by atoms with Gasteiger partial charge in [-0.25, -0.2) is 0 Å². The zero-order chi connectivity index (χ0) is 13.4. The summed E-state index contributed by atoms with van der Waals surface area (Å²) in [5, 5.41) is 2.77. The molecule has 17 heavy (non-hydrogen) atoms. The lowest BCUT2D eigenvalue weighted by Crippen LogP contribution is -2.42. The molecule has 0 aliphatic carbocycles. The Labute approximate surface area is 104 Å². The molecule has 4 nitrogen and oxygen atoms in total. The Kier molecular flexibility index (Phi) is 7.26. The van der Waals surface area contributed by atoms with Crippen molar-refractivity contribution in [1.82, 2.24) is 5.32 Å². The minimum atomic E-state index is -0.433. The van der Waals surface area contributed by atoms with E-state index in [-0.39, 0.29) is 17.7 Å². The maximum atomic E-state index is 12.0. The molecule has 0 radical (unpaired) electrons. The number of hydrogen-bond acceptors (Lipinski definition) is 2. The van der Waals surface area contributed by atoms with Gasteiger partial charge in [0, 0.05) is 6.54 Å². The van der Waals surface area contributed by atoms with E-state index in [0.717, 1.165) is 0 Å². The number of nitrogens with one attached hydrogen (secondary N) is 1. The lowest BCUT2D eigenvalue weighted by Gasteiger charge is -2.26. The summed E-state index contributed by atoms with van der Waals surface area (Å²) in [7, 11) is 0. The predicted molar refractivity (Wildman–Crippen MR) is 69.1 cm³/mol. The van der Waals surface area contributed by atoms with Crippen molar-refractivity contribution in [2.24, 2.45) is 23.5 Å². The molecular weight excluding hydrogens is 216 g/mol. The van der Waals surface area contributed by atoms with E-state index in [1.807, 2.05) is 39.8 Å². The minimum absolute atomic E-state index is 0.0872. The van der Waals surface area contributed by atoms with Crippen molar-refractivity contribution in [2.75, 3.05) is 6.54 Å². The molecule has 2 amide bonds. The van der Waals surface area contributed by atoms with Crippen molar-refractivity contribution < 1.29 is 9.59 Å². The number of hydrogen-bond donors (Lipinski definition) is 2. The van der Waals surface area contributed by atoms with Gasteiger partial charge in [0.15, 0.2) is 0 Å². The van der Waals surface area contributed by atoms with E-state index in [2.05, 4.69) is 5.32 Å². The summed E-state index contributed by atoms with van der Waals surface area (Å²) in [4.78, 5) is 23.4. The Morgan fingerprint density at radius 3 is 2.29 bits per heavy atom. The van der Waals surface area contributed by atoms with Gasteiger partial charge in [-0.2, -0.15) is 0 Å². The van der Waals surface area contributed by atoms with E-state index >= 15 is 0 Å². The molecule has 0 fully saturated rings. The Bertz CT molecular complexity index is 285. The lowest BCUT2D eigenvalue weighted by molar-refractivity contribution is -0.134. The molecule has 0 saturated carbocycles. The number of primary amides is 1. The fourth-order valence-electron chi connectivity index (χ4n) is 1.96. The van der Waals surface area contributed by atoms with Crippen LogP contribution in [0.15, 0.2) is 12.2 Å². The van der Waals surface area contributed by atoms with Crippen molar-refractivity contribution in [2.45, 2.75) is 34.1 Å². The maximum Gasteiger partial charge on any atom is 0.224 e. The van der Waals surface area contributed by atoms with Gasteiger partial charge in [-0.15, -0.1) is 0 Å². The van der Waals surface area contributed by atoms with Crippen molar-refractivity contribution in [3.8, 4) is 0 Å². The molecule has 0 aliphatic heterocycles. The van der Waals surface area contributed by atoms with Gasteiger partial charge in [-0.3, -0.25) is 9.59 Å². The second-order valence-electron chi connectivity index (χ2n) is 4.48. The molecule has 0 rings (SSSR count). The van der Waals surface area contributed by atoms with Gasteiger partial charge in [-0.05, 0) is 26.2 Å². The average Bonchev–Trinajstić information content (AvgIpc) is 2.23. The zero-order valence-electron chi connectivity index (χ0n) is 11.2. The smallest absolute Gasteiger partial charge is 0.224 e. The van der Waals surface area contributed by atoms with Gasteiger partial charge in [0.05, 0.1) is 11.8 Å². The molecule has 0 spiro atoms. The molecule has 4 heteroatoms. The normalized spacial score (nSPS) is 14.9. The van der Waals surface area contributed by atoms with Crippen LogP contribution in [0.5, 0.6) is 0 Å². The minimum Gasteiger partial charge on any atom is -0.369 e. The van der Waals surface area contributed by atoms with Gasteiger partial charge in [0.1, 0.15) is 0 Å². The molecule has 0 saturated heterocycles. The summed E-state index contributed by atoms with van der Waals surface area (Å²) < 4.78 is 0. The fourth-order valence-corrected chi connectivity index (χ4v) is 1.96. The first-order valence-corrected chi connectivity index (χ1v) is 6.13. The van der Waals surface area contributed by atoms with Crippen molar-refractivity contribution in [3.05, 3.63) is 12.2 Å². The molecule has 0 heterocycles. The molecule has 0 aromatic heterocycles. The highest BCUT2D eigenvalue weighted by molar-refractivity contribution is 5.87. The number of carbonyl (C=O) groups excluding carboxylic acids is 2. The van der Waals surface area contributed by atoms with Gasteiger partial charge in [-0.1, -0.05) is 26.0 Å². The highest BCUT2D eigenvalue weighted by atomic mass is 16.2. The van der Waals surface area contributed by atoms with Crippen LogP contribution in [0.3, 0.4) is 0 Å². The number of carbonyl (C=O) groups is 2. The van der Waals surface area contributed by atoms with Crippen LogP contribution in [-0.4, -0.2) is 18.4 Å². The second kappa shape index (κ2) is 7.87. The van der Waals surface area contributed by atoms with E-state index in [0.29, 0.717) is 13.0 Å². The van der Waals surface area contributed by atoms with Gasteiger partial charge in [0.25, 0.3) is 0 Å². The fraction of sp³-hybridized carbons (Fsp3) is 0.692. The monoisotopic (exact) mass is 240 g/mol. The van der Waals surface area contributed by atoms with Gasteiger partial charge < -0.3 is 11.1 Å². The second-order valence-corrected chi connectivity index (χ2v) is 4.48. The third-order valence-electron chi connectivity index (χ3n) is 2.80. The topological polar surface area (TPSA) is 72.2 Å². The summed E-state index contributed by atoms with van der Waals surface area (Å²) in [5.41, 5.74) is 5.40. The first kappa shape index (κ1) is 15.7. The summed E-state index contributed by atoms with van der Waals surface area (Å²) in [6, 6.07) is 0. The molecule has 0 bridgehead atoms. The van der Waals surface area contributed by atoms with Crippen LogP contribution in [0, 0.1) is 17.8 Å². The van der Waals surface area contributed by atoms with Crippen LogP contribution < -0.4 is 11.1 Å². The van der Waals surface area contributed by atoms with E-state index < -0.39 is 11.8 Å². The number of amides is 2. The van der Waals surface area contributed by atoms with Crippen LogP contribution in [0.25, 0.3) is 0 Å². The summed E-state index contributed by atoms with van der Waals surface area (Å²) in [6.07, 6.45) is 4.26. The third kappa shape index (κ3) is 5.02. The highest BCUT2D eigenvalue weighted by Crippen LogP contribution is 2.24. The van der Waals surface area contributed by atoms with Gasteiger partial charge >= 0.3 is 0 Å². The third-order valence-corrected chi connectivity index (χ3v) is 2.80. The highest BCUT2D eigenvalue weighted by Gasteiger charge is 2.33. The van der Waals surface area contributed by atoms with Crippen LogP contribution in [0.1, 0.15) is 34.1 Å². The Balaban J connectivity index is 4.95. The van der Waals surface area contributed by atoms with Crippen LogP contribution in [0.2, 0.25) is 0 Å². The maximum absolute atomic E-state index is 12.0. The predicted octanol–water partition coefficient (Wildman–Crippen LogP) is 1.46. The summed E-state index contributed by atoms with van der Waals surface area (Å²) in [6.45, 7) is 8.18. The van der Waals surface area contributed by atoms with E-state index in [9.17, 15) is 9.59 Å². The lowest BCUT2D eigenvalue weighted by atomic mass is 9.80. The molecule has 3 N–H and O–H groups in total. The quantitative estimate of drug-likeness (QED) is 0.661. The molecule has 2 unspecified atom stereocenters. The van der Waals surface area contributed by atoms with E-state index in [4.69, 9.17) is 5.73 Å². The summed E-state index contributed by atoms with van der Waals surface area (Å²) in [5.74, 6) is -1.20. The zero-order valence-corrected chi connectivity index (χ0v) is 11.2. The van der Waals surface area contributed by atoms with Gasteiger partial charge in [0.2, 0.25) is 11.8 Å². The SMILES string of the molecule is C/C=C/CC(C(N)=O)C(C(=O)NCC)C(C)C. The molecule has 2 atom stereocenters. The van der Waals surface area contributed by atoms with Crippen LogP contribution in [-0.2, 0) is 9.59 Å². The number of nitrogens with two attached hydrogens (primary N) is 1. The standard InChI is InChI=1S/C13H24N2O2/c1-5-7-8-10(12(14)16)11(9(3)4)13(17)15-6-2/h5,7,9-11H,6,8H2,1-4H3,(H2,14,16)(H,15,17)/b7-5+. The Morgan fingerprint density at radius 2 is 1.94 bits per heavy atom. The molecular formula is C13H24N2O2. The molecule has 0 aromatic carbocycles. The van der Waals surface area contributed by atoms with Crippen molar-refractivity contribution >= 4 is 11.8 Å². The number of allylic oxidation sites excluding steroid dienone is 2. The van der Waals surface area contributed by atoms with Crippen molar-refractivity contribution in [1.29, 1.82) is 0 Å². The average molecular weight is 240 g/mol. The largest absolute Gasteiger partial charge is 0.369 e. The molecule has 98 valence electrons. The van der Waals surface area contributed by atoms with Crippen LogP contribution in [0.4, 0.5) is 0 Å². The first-order chi connectivity index (χ1) is 7.95. The molecule has 0 aromatic rings. The van der Waals surface area contributed by atoms with E-state index in [1.54, 1.807) is 0 Å². The number of rotatable bonds is 7. The first-order valence-electron chi connectivity index (χ1n) is 6.13. The Morgan fingerprint density at radius 1 is 1.35 bits per heavy atom. The Hall–Kier alpha value is -1.32. The molecule has 0 aliphatic rings. The summed E-state index contributed by atoms with van der Waals surface area (Å²) >= 11 is 0.